The number of aromatic nitrogens is 3. The van der Waals surface area contributed by atoms with Crippen LogP contribution in [0.5, 0.6) is 0 Å². The summed E-state index contributed by atoms with van der Waals surface area (Å²) in [5.41, 5.74) is 6.48. The molecule has 8 heteroatoms. The Bertz CT molecular complexity index is 835. The van der Waals surface area contributed by atoms with Crippen molar-refractivity contribution in [2.75, 3.05) is 18.9 Å². The molecule has 2 aromatic rings. The first-order valence-electron chi connectivity index (χ1n) is 9.51. The van der Waals surface area contributed by atoms with E-state index in [1.807, 2.05) is 6.07 Å². The molecule has 3 heterocycles. The predicted octanol–water partition coefficient (Wildman–Crippen LogP) is 2.70. The van der Waals surface area contributed by atoms with Crippen LogP contribution in [0.3, 0.4) is 0 Å². The second kappa shape index (κ2) is 8.19. The summed E-state index contributed by atoms with van der Waals surface area (Å²) in [5, 5.41) is 22.2. The predicted molar refractivity (Wildman–Crippen MR) is 98.6 cm³/mol. The molecular weight excluding hydrogens is 349 g/mol. The van der Waals surface area contributed by atoms with Crippen molar-refractivity contribution in [2.24, 2.45) is 0 Å². The molecule has 0 aromatic carbocycles. The molecular formula is C19H26FN5O2. The van der Waals surface area contributed by atoms with Crippen LogP contribution in [-0.4, -0.2) is 39.0 Å². The minimum absolute atomic E-state index is 0.0872. The van der Waals surface area contributed by atoms with E-state index in [0.29, 0.717) is 12.3 Å². The molecule has 1 aliphatic carbocycles. The molecule has 1 atom stereocenters. The highest BCUT2D eigenvalue weighted by atomic mass is 19.1. The van der Waals surface area contributed by atoms with Crippen LogP contribution in [0.4, 0.5) is 10.3 Å². The van der Waals surface area contributed by atoms with Crippen molar-refractivity contribution in [1.82, 2.24) is 14.6 Å². The molecule has 4 rings (SSSR count). The second-order valence-electron chi connectivity index (χ2n) is 7.32. The normalized spacial score (nSPS) is 21.0. The fraction of sp³-hybridized carbons (Fsp3) is 0.632. The van der Waals surface area contributed by atoms with Crippen LogP contribution >= 0.6 is 0 Å². The third-order valence-electron chi connectivity index (χ3n) is 5.43. The Kier molecular flexibility index (Phi) is 5.92. The lowest BCUT2D eigenvalue weighted by molar-refractivity contribution is -0.00535. The smallest absolute Gasteiger partial charge is 0.238 e. The standard InChI is InChI=1S/C14H16FN5.C5H10O2/c1-2-4-14(5-3-6-14)12-9(7-16)11(15)10-8-18-13(17)19-20(10)12;6-5-2-1-3-7-4-5/h8H,2-6H2,1H3,(H2,17,19);5-6H,1-4H2. The van der Waals surface area contributed by atoms with Crippen LogP contribution in [0.15, 0.2) is 6.20 Å². The summed E-state index contributed by atoms with van der Waals surface area (Å²) in [4.78, 5) is 3.83. The van der Waals surface area contributed by atoms with Gasteiger partial charge in [-0.15, -0.1) is 5.10 Å². The maximum Gasteiger partial charge on any atom is 0.238 e. The van der Waals surface area contributed by atoms with Gasteiger partial charge in [0.2, 0.25) is 5.95 Å². The lowest BCUT2D eigenvalue weighted by Crippen LogP contribution is -2.36. The maximum atomic E-state index is 14.4. The van der Waals surface area contributed by atoms with Crippen molar-refractivity contribution in [1.29, 1.82) is 5.26 Å². The van der Waals surface area contributed by atoms with Crippen LogP contribution in [-0.2, 0) is 10.2 Å². The van der Waals surface area contributed by atoms with Gasteiger partial charge in [-0.1, -0.05) is 19.8 Å². The maximum absolute atomic E-state index is 14.4. The topological polar surface area (TPSA) is 109 Å². The number of nitrogens with zero attached hydrogens (tertiary/aromatic N) is 4. The summed E-state index contributed by atoms with van der Waals surface area (Å²) < 4.78 is 20.8. The largest absolute Gasteiger partial charge is 0.391 e. The average Bonchev–Trinajstić information content (AvgIpc) is 2.91. The minimum atomic E-state index is -0.537. The summed E-state index contributed by atoms with van der Waals surface area (Å²) in [6.07, 6.45) is 8.03. The van der Waals surface area contributed by atoms with Crippen LogP contribution in [0, 0.1) is 17.1 Å². The number of nitrogen functional groups attached to an aromatic ring is 1. The molecule has 1 saturated heterocycles. The van der Waals surface area contributed by atoms with E-state index in [-0.39, 0.29) is 28.5 Å². The molecule has 1 aliphatic heterocycles. The van der Waals surface area contributed by atoms with Gasteiger partial charge in [0.15, 0.2) is 5.82 Å². The number of halogens is 1. The average molecular weight is 375 g/mol. The van der Waals surface area contributed by atoms with Crippen molar-refractivity contribution >= 4 is 11.5 Å². The van der Waals surface area contributed by atoms with Gasteiger partial charge < -0.3 is 15.6 Å². The van der Waals surface area contributed by atoms with E-state index in [2.05, 4.69) is 17.0 Å². The Morgan fingerprint density at radius 1 is 1.48 bits per heavy atom. The Hall–Kier alpha value is -2.24. The SMILES string of the molecule is CCCC1(c2c(C#N)c(F)c3cnc(N)nn23)CCC1.OC1CCCOC1. The third kappa shape index (κ3) is 3.75. The summed E-state index contributed by atoms with van der Waals surface area (Å²) in [6, 6.07) is 2.00. The molecule has 0 bridgehead atoms. The molecule has 2 aromatic heterocycles. The molecule has 7 nitrogen and oxygen atoms in total. The monoisotopic (exact) mass is 375 g/mol. The van der Waals surface area contributed by atoms with Gasteiger partial charge in [-0.3, -0.25) is 0 Å². The van der Waals surface area contributed by atoms with Crippen molar-refractivity contribution in [3.63, 3.8) is 0 Å². The number of aliphatic hydroxyl groups is 1. The van der Waals surface area contributed by atoms with Gasteiger partial charge in [-0.25, -0.2) is 13.9 Å². The van der Waals surface area contributed by atoms with Crippen molar-refractivity contribution < 1.29 is 14.2 Å². The van der Waals surface area contributed by atoms with Crippen molar-refractivity contribution in [3.05, 3.63) is 23.3 Å². The Labute approximate surface area is 158 Å². The molecule has 1 unspecified atom stereocenters. The van der Waals surface area contributed by atoms with E-state index in [0.717, 1.165) is 51.6 Å². The van der Waals surface area contributed by atoms with Crippen LogP contribution in [0.25, 0.3) is 5.52 Å². The summed E-state index contributed by atoms with van der Waals surface area (Å²) in [7, 11) is 0. The van der Waals surface area contributed by atoms with Gasteiger partial charge >= 0.3 is 0 Å². The van der Waals surface area contributed by atoms with E-state index in [4.69, 9.17) is 15.6 Å². The van der Waals surface area contributed by atoms with E-state index >= 15 is 0 Å². The first kappa shape index (κ1) is 19.5. The van der Waals surface area contributed by atoms with E-state index < -0.39 is 5.82 Å². The van der Waals surface area contributed by atoms with Gasteiger partial charge in [0, 0.05) is 12.0 Å². The van der Waals surface area contributed by atoms with Crippen LogP contribution in [0.2, 0.25) is 0 Å². The highest BCUT2D eigenvalue weighted by molar-refractivity contribution is 5.59. The number of ether oxygens (including phenoxy) is 1. The number of aliphatic hydroxyl groups excluding tert-OH is 1. The summed E-state index contributed by atoms with van der Waals surface area (Å²) >= 11 is 0. The van der Waals surface area contributed by atoms with Gasteiger partial charge in [0.05, 0.1) is 24.6 Å². The Balaban J connectivity index is 0.000000253. The molecule has 2 fully saturated rings. The quantitative estimate of drug-likeness (QED) is 0.854. The highest BCUT2D eigenvalue weighted by Gasteiger charge is 2.43. The molecule has 2 aliphatic rings. The number of nitriles is 1. The van der Waals surface area contributed by atoms with E-state index in [1.54, 1.807) is 0 Å². The highest BCUT2D eigenvalue weighted by Crippen LogP contribution is 2.49. The summed E-state index contributed by atoms with van der Waals surface area (Å²) in [6.45, 7) is 3.47. The van der Waals surface area contributed by atoms with Gasteiger partial charge in [-0.2, -0.15) is 5.26 Å². The number of anilines is 1. The third-order valence-corrected chi connectivity index (χ3v) is 5.43. The number of fused-ring (bicyclic) bond motifs is 1. The lowest BCUT2D eigenvalue weighted by atomic mass is 9.63. The first-order valence-corrected chi connectivity index (χ1v) is 9.51. The number of rotatable bonds is 3. The fourth-order valence-corrected chi connectivity index (χ4v) is 4.03. The van der Waals surface area contributed by atoms with E-state index in [9.17, 15) is 9.65 Å². The van der Waals surface area contributed by atoms with Gasteiger partial charge in [0.25, 0.3) is 0 Å². The van der Waals surface area contributed by atoms with Crippen LogP contribution in [0.1, 0.15) is 63.1 Å². The van der Waals surface area contributed by atoms with Gasteiger partial charge in [-0.05, 0) is 32.1 Å². The minimum Gasteiger partial charge on any atom is -0.391 e. The molecule has 0 radical (unpaired) electrons. The number of hydrogen-bond acceptors (Lipinski definition) is 6. The molecule has 0 amide bonds. The Morgan fingerprint density at radius 2 is 2.26 bits per heavy atom. The molecule has 3 N–H and O–H groups in total. The van der Waals surface area contributed by atoms with Crippen molar-refractivity contribution in [3.8, 4) is 6.07 Å². The zero-order valence-electron chi connectivity index (χ0n) is 15.6. The van der Waals surface area contributed by atoms with Gasteiger partial charge in [0.1, 0.15) is 17.1 Å². The number of nitrogens with two attached hydrogens (primary N) is 1. The zero-order chi connectivity index (χ0) is 19.4. The molecule has 0 spiro atoms. The fourth-order valence-electron chi connectivity index (χ4n) is 4.03. The molecule has 1 saturated carbocycles. The first-order chi connectivity index (χ1) is 13.0. The molecule has 27 heavy (non-hydrogen) atoms. The van der Waals surface area contributed by atoms with E-state index in [1.165, 1.54) is 10.7 Å². The lowest BCUT2D eigenvalue weighted by Gasteiger charge is -2.41. The second-order valence-corrected chi connectivity index (χ2v) is 7.32. The van der Waals surface area contributed by atoms with Crippen LogP contribution < -0.4 is 5.73 Å². The number of hydrogen-bond donors (Lipinski definition) is 2. The summed E-state index contributed by atoms with van der Waals surface area (Å²) in [5.74, 6) is -0.450. The van der Waals surface area contributed by atoms with Crippen molar-refractivity contribution in [2.45, 2.75) is 63.4 Å². The Morgan fingerprint density at radius 3 is 2.74 bits per heavy atom. The molecule has 146 valence electrons. The zero-order valence-corrected chi connectivity index (χ0v) is 15.6.